The van der Waals surface area contributed by atoms with Gasteiger partial charge < -0.3 is 5.11 Å². The number of carbonyl (C=O) groups excluding carboxylic acids is 1. The average molecular weight is 284 g/mol. The van der Waals surface area contributed by atoms with Gasteiger partial charge in [0.25, 0.3) is 0 Å². The van der Waals surface area contributed by atoms with E-state index in [0.29, 0.717) is 12.2 Å². The van der Waals surface area contributed by atoms with Crippen LogP contribution in [0.15, 0.2) is 18.2 Å². The summed E-state index contributed by atoms with van der Waals surface area (Å²) in [6, 6.07) is 3.73. The number of hydrogen-bond donors (Lipinski definition) is 1. The summed E-state index contributed by atoms with van der Waals surface area (Å²) in [5.41, 5.74) is 4.06. The summed E-state index contributed by atoms with van der Waals surface area (Å²) < 4.78 is 0. The fraction of sp³-hybridized carbons (Fsp3) is 0.526. The summed E-state index contributed by atoms with van der Waals surface area (Å²) in [6.07, 6.45) is 5.06. The van der Waals surface area contributed by atoms with Crippen molar-refractivity contribution < 1.29 is 9.90 Å². The molecular weight excluding hydrogens is 260 g/mol. The first-order valence-corrected chi connectivity index (χ1v) is 7.92. The van der Waals surface area contributed by atoms with Crippen LogP contribution in [0.25, 0.3) is 5.57 Å². The van der Waals surface area contributed by atoms with Crippen molar-refractivity contribution in [3.8, 4) is 5.75 Å². The van der Waals surface area contributed by atoms with Crippen LogP contribution in [-0.4, -0.2) is 10.9 Å². The van der Waals surface area contributed by atoms with Crippen LogP contribution in [-0.2, 0) is 0 Å². The molecule has 0 saturated carbocycles. The van der Waals surface area contributed by atoms with Crippen molar-refractivity contribution in [2.75, 3.05) is 0 Å². The molecule has 3 rings (SSSR count). The molecule has 1 aromatic rings. The van der Waals surface area contributed by atoms with E-state index in [1.165, 1.54) is 5.57 Å². The van der Waals surface area contributed by atoms with Gasteiger partial charge in [-0.1, -0.05) is 33.8 Å². The highest BCUT2D eigenvalue weighted by atomic mass is 16.3. The SMILES string of the molecule is CC(C)c1cc2c(cc1O)C1=CCCC(C)(C)[C@@H]1CC2=O. The summed E-state index contributed by atoms with van der Waals surface area (Å²) >= 11 is 0. The third-order valence-electron chi connectivity index (χ3n) is 5.26. The summed E-state index contributed by atoms with van der Waals surface area (Å²) in [5.74, 6) is 1.05. The molecule has 2 nitrogen and oxygen atoms in total. The van der Waals surface area contributed by atoms with Crippen molar-refractivity contribution >= 4 is 11.4 Å². The molecule has 0 heterocycles. The van der Waals surface area contributed by atoms with Crippen LogP contribution < -0.4 is 0 Å². The van der Waals surface area contributed by atoms with E-state index in [-0.39, 0.29) is 23.0 Å². The Kier molecular flexibility index (Phi) is 3.23. The standard InChI is InChI=1S/C19H24O2/c1-11(2)13-8-15-14(9-17(13)20)12-6-5-7-19(3,4)16(12)10-18(15)21/h6,8-9,11,16,20H,5,7,10H2,1-4H3/t16-/m1/s1. The smallest absolute Gasteiger partial charge is 0.164 e. The topological polar surface area (TPSA) is 37.3 Å². The van der Waals surface area contributed by atoms with Gasteiger partial charge in [-0.2, -0.15) is 0 Å². The van der Waals surface area contributed by atoms with Gasteiger partial charge in [0, 0.05) is 12.0 Å². The number of Topliss-reactive ketones (excluding diaryl/α,β-unsaturated/α-hetero) is 1. The van der Waals surface area contributed by atoms with Gasteiger partial charge in [-0.3, -0.25) is 4.79 Å². The Morgan fingerprint density at radius 1 is 1.24 bits per heavy atom. The Bertz CT molecular complexity index is 635. The van der Waals surface area contributed by atoms with Crippen LogP contribution in [0, 0.1) is 11.3 Å². The van der Waals surface area contributed by atoms with E-state index in [0.717, 1.165) is 29.5 Å². The fourth-order valence-corrected chi connectivity index (χ4v) is 3.85. The van der Waals surface area contributed by atoms with Gasteiger partial charge in [-0.05, 0) is 58.9 Å². The van der Waals surface area contributed by atoms with Crippen molar-refractivity contribution in [3.63, 3.8) is 0 Å². The summed E-state index contributed by atoms with van der Waals surface area (Å²) in [7, 11) is 0. The molecule has 0 amide bonds. The monoisotopic (exact) mass is 284 g/mol. The number of rotatable bonds is 1. The Balaban J connectivity index is 2.19. The second kappa shape index (κ2) is 4.72. The molecule has 112 valence electrons. The summed E-state index contributed by atoms with van der Waals surface area (Å²) in [5, 5.41) is 10.3. The number of phenolic OH excluding ortho intramolecular Hbond substituents is 1. The molecule has 2 aliphatic carbocycles. The minimum absolute atomic E-state index is 0.157. The highest BCUT2D eigenvalue weighted by Gasteiger charge is 2.41. The molecule has 0 aliphatic heterocycles. The second-order valence-corrected chi connectivity index (χ2v) is 7.48. The van der Waals surface area contributed by atoms with Crippen molar-refractivity contribution in [2.24, 2.45) is 11.3 Å². The van der Waals surface area contributed by atoms with Crippen LogP contribution in [0.4, 0.5) is 0 Å². The number of fused-ring (bicyclic) bond motifs is 3. The molecule has 1 aromatic carbocycles. The van der Waals surface area contributed by atoms with Crippen LogP contribution in [0.5, 0.6) is 5.75 Å². The lowest BCUT2D eigenvalue weighted by Gasteiger charge is -2.42. The third kappa shape index (κ3) is 2.21. The zero-order valence-electron chi connectivity index (χ0n) is 13.4. The fourth-order valence-electron chi connectivity index (χ4n) is 3.85. The van der Waals surface area contributed by atoms with Crippen LogP contribution in [0.3, 0.4) is 0 Å². The molecule has 2 heteroatoms. The number of ketones is 1. The third-order valence-corrected chi connectivity index (χ3v) is 5.26. The number of hydrogen-bond acceptors (Lipinski definition) is 2. The maximum atomic E-state index is 12.6. The van der Waals surface area contributed by atoms with Gasteiger partial charge >= 0.3 is 0 Å². The molecule has 1 N–H and O–H groups in total. The predicted molar refractivity (Wildman–Crippen MR) is 85.6 cm³/mol. The Labute approximate surface area is 126 Å². The average Bonchev–Trinajstić information content (AvgIpc) is 2.39. The molecule has 0 fully saturated rings. The molecule has 1 atom stereocenters. The van der Waals surface area contributed by atoms with E-state index in [2.05, 4.69) is 19.9 Å². The van der Waals surface area contributed by atoms with E-state index in [1.807, 2.05) is 26.0 Å². The molecule has 0 radical (unpaired) electrons. The lowest BCUT2D eigenvalue weighted by molar-refractivity contribution is 0.0920. The van der Waals surface area contributed by atoms with Gasteiger partial charge in [-0.15, -0.1) is 0 Å². The van der Waals surface area contributed by atoms with Crippen molar-refractivity contribution in [1.29, 1.82) is 0 Å². The lowest BCUT2D eigenvalue weighted by atomic mass is 9.61. The number of aromatic hydroxyl groups is 1. The van der Waals surface area contributed by atoms with Crippen LogP contribution in [0.2, 0.25) is 0 Å². The first kappa shape index (κ1) is 14.4. The lowest BCUT2D eigenvalue weighted by Crippen LogP contribution is -2.33. The normalized spacial score (nSPS) is 23.6. The minimum atomic E-state index is 0.157. The first-order chi connectivity index (χ1) is 9.81. The highest BCUT2D eigenvalue weighted by Crippen LogP contribution is 2.51. The molecule has 21 heavy (non-hydrogen) atoms. The number of carbonyl (C=O) groups is 1. The highest BCUT2D eigenvalue weighted by molar-refractivity contribution is 6.05. The maximum Gasteiger partial charge on any atom is 0.164 e. The molecule has 0 spiro atoms. The van der Waals surface area contributed by atoms with E-state index < -0.39 is 0 Å². The maximum absolute atomic E-state index is 12.6. The van der Waals surface area contributed by atoms with Gasteiger partial charge in [0.05, 0.1) is 0 Å². The number of allylic oxidation sites excluding steroid dienone is 2. The number of benzene rings is 1. The van der Waals surface area contributed by atoms with Gasteiger partial charge in [0.15, 0.2) is 5.78 Å². The molecule has 0 bridgehead atoms. The van der Waals surface area contributed by atoms with E-state index in [4.69, 9.17) is 0 Å². The van der Waals surface area contributed by atoms with Crippen LogP contribution in [0.1, 0.15) is 74.4 Å². The van der Waals surface area contributed by atoms with Crippen molar-refractivity contribution in [3.05, 3.63) is 34.9 Å². The molecule has 0 unspecified atom stereocenters. The quantitative estimate of drug-likeness (QED) is 0.794. The first-order valence-electron chi connectivity index (χ1n) is 7.92. The molecule has 0 saturated heterocycles. The van der Waals surface area contributed by atoms with Crippen molar-refractivity contribution in [1.82, 2.24) is 0 Å². The molecule has 0 aromatic heterocycles. The van der Waals surface area contributed by atoms with Crippen LogP contribution >= 0.6 is 0 Å². The zero-order valence-corrected chi connectivity index (χ0v) is 13.4. The zero-order chi connectivity index (χ0) is 15.4. The van der Waals surface area contributed by atoms with Gasteiger partial charge in [-0.25, -0.2) is 0 Å². The Hall–Kier alpha value is -1.57. The molecule has 2 aliphatic rings. The second-order valence-electron chi connectivity index (χ2n) is 7.48. The van der Waals surface area contributed by atoms with Gasteiger partial charge in [0.2, 0.25) is 0 Å². The van der Waals surface area contributed by atoms with E-state index in [1.54, 1.807) is 0 Å². The largest absolute Gasteiger partial charge is 0.508 e. The predicted octanol–water partition coefficient (Wildman–Crippen LogP) is 4.92. The van der Waals surface area contributed by atoms with Crippen molar-refractivity contribution in [2.45, 2.75) is 52.9 Å². The number of phenols is 1. The summed E-state index contributed by atoms with van der Waals surface area (Å²) in [4.78, 5) is 12.6. The van der Waals surface area contributed by atoms with E-state index in [9.17, 15) is 9.90 Å². The van der Waals surface area contributed by atoms with E-state index >= 15 is 0 Å². The Morgan fingerprint density at radius 3 is 2.62 bits per heavy atom. The minimum Gasteiger partial charge on any atom is -0.508 e. The van der Waals surface area contributed by atoms with Gasteiger partial charge in [0.1, 0.15) is 5.75 Å². The molecular formula is C19H24O2. The summed E-state index contributed by atoms with van der Waals surface area (Å²) in [6.45, 7) is 8.59. The Morgan fingerprint density at radius 2 is 1.95 bits per heavy atom.